The number of hydrogen-bond donors (Lipinski definition) is 2. The Balaban J connectivity index is 1.61. The number of hydrogen-bond acceptors (Lipinski definition) is 3. The number of halogens is 3. The van der Waals surface area contributed by atoms with Crippen LogP contribution in [0, 0.1) is 0 Å². The lowest BCUT2D eigenvalue weighted by molar-refractivity contribution is -0.137. The molecule has 2 aliphatic rings. The molecule has 0 unspecified atom stereocenters. The molecule has 140 valence electrons. The first-order valence-corrected chi connectivity index (χ1v) is 8.09. The van der Waals surface area contributed by atoms with Crippen molar-refractivity contribution in [3.8, 4) is 0 Å². The van der Waals surface area contributed by atoms with Crippen LogP contribution in [-0.2, 0) is 11.0 Å². The molecule has 1 aromatic carbocycles. The average molecular weight is 370 g/mol. The summed E-state index contributed by atoms with van der Waals surface area (Å²) in [5, 5.41) is 4.74. The molecule has 0 aromatic heterocycles. The lowest BCUT2D eigenvalue weighted by atomic mass is 10.0. The maximum atomic E-state index is 13.0. The van der Waals surface area contributed by atoms with E-state index in [4.69, 9.17) is 0 Å². The molecule has 0 spiro atoms. The molecule has 2 fully saturated rings. The number of likely N-dealkylation sites (tertiary alicyclic amines) is 1. The molecule has 10 heteroatoms. The monoisotopic (exact) mass is 370 g/mol. The number of amides is 5. The highest BCUT2D eigenvalue weighted by Gasteiger charge is 2.38. The zero-order valence-corrected chi connectivity index (χ0v) is 13.7. The Morgan fingerprint density at radius 1 is 1.15 bits per heavy atom. The molecule has 0 bridgehead atoms. The Morgan fingerprint density at radius 3 is 2.38 bits per heavy atom. The second-order valence-corrected chi connectivity index (χ2v) is 6.11. The van der Waals surface area contributed by atoms with Crippen molar-refractivity contribution in [2.24, 2.45) is 0 Å². The van der Waals surface area contributed by atoms with Crippen LogP contribution in [0.4, 0.5) is 28.4 Å². The summed E-state index contributed by atoms with van der Waals surface area (Å²) < 4.78 is 39.0. The standard InChI is InChI=1S/C16H17F3N4O3/c17-16(18,19)11-3-1-2-4-12(11)21-15(26)22-7-5-10(6-8-22)23-13(24)9-20-14(23)25/h1-4,10H,5-9H2,(H,20,25)(H,21,26). The van der Waals surface area contributed by atoms with Crippen molar-refractivity contribution in [2.45, 2.75) is 25.1 Å². The van der Waals surface area contributed by atoms with Gasteiger partial charge >= 0.3 is 18.2 Å². The lowest BCUT2D eigenvalue weighted by Crippen LogP contribution is -2.49. The van der Waals surface area contributed by atoms with E-state index in [-0.39, 0.29) is 37.3 Å². The van der Waals surface area contributed by atoms with Gasteiger partial charge < -0.3 is 15.5 Å². The number of anilines is 1. The molecule has 5 amide bonds. The van der Waals surface area contributed by atoms with E-state index >= 15 is 0 Å². The second-order valence-electron chi connectivity index (χ2n) is 6.11. The molecule has 2 heterocycles. The number of benzene rings is 1. The first-order chi connectivity index (χ1) is 12.3. The number of alkyl halides is 3. The van der Waals surface area contributed by atoms with Crippen molar-refractivity contribution in [1.29, 1.82) is 0 Å². The number of imide groups is 1. The summed E-state index contributed by atoms with van der Waals surface area (Å²) in [7, 11) is 0. The Morgan fingerprint density at radius 2 is 1.81 bits per heavy atom. The van der Waals surface area contributed by atoms with Gasteiger partial charge in [0.1, 0.15) is 0 Å². The minimum Gasteiger partial charge on any atom is -0.329 e. The van der Waals surface area contributed by atoms with Crippen LogP contribution in [0.2, 0.25) is 0 Å². The van der Waals surface area contributed by atoms with Crippen LogP contribution < -0.4 is 10.6 Å². The van der Waals surface area contributed by atoms with E-state index in [1.807, 2.05) is 0 Å². The predicted octanol–water partition coefficient (Wildman–Crippen LogP) is 2.25. The van der Waals surface area contributed by atoms with Crippen LogP contribution in [0.3, 0.4) is 0 Å². The third kappa shape index (κ3) is 3.58. The van der Waals surface area contributed by atoms with E-state index < -0.39 is 23.8 Å². The van der Waals surface area contributed by atoms with Gasteiger partial charge in [-0.3, -0.25) is 9.69 Å². The van der Waals surface area contributed by atoms with Crippen LogP contribution in [-0.4, -0.2) is 53.4 Å². The van der Waals surface area contributed by atoms with Gasteiger partial charge in [-0.25, -0.2) is 9.59 Å². The van der Waals surface area contributed by atoms with Gasteiger partial charge in [-0.05, 0) is 25.0 Å². The summed E-state index contributed by atoms with van der Waals surface area (Å²) in [5.41, 5.74) is -1.22. The topological polar surface area (TPSA) is 81.8 Å². The van der Waals surface area contributed by atoms with Crippen molar-refractivity contribution in [3.05, 3.63) is 29.8 Å². The highest BCUT2D eigenvalue weighted by atomic mass is 19.4. The van der Waals surface area contributed by atoms with E-state index in [0.29, 0.717) is 12.8 Å². The normalized spacial score (nSPS) is 18.9. The summed E-state index contributed by atoms with van der Waals surface area (Å²) in [5.74, 6) is -0.308. The van der Waals surface area contributed by atoms with E-state index in [1.54, 1.807) is 0 Å². The van der Waals surface area contributed by atoms with E-state index in [0.717, 1.165) is 11.0 Å². The van der Waals surface area contributed by atoms with E-state index in [9.17, 15) is 27.6 Å². The van der Waals surface area contributed by atoms with Crippen molar-refractivity contribution in [1.82, 2.24) is 15.1 Å². The number of carbonyl (C=O) groups excluding carboxylic acids is 3. The van der Waals surface area contributed by atoms with Gasteiger partial charge in [-0.15, -0.1) is 0 Å². The fraction of sp³-hybridized carbons (Fsp3) is 0.438. The van der Waals surface area contributed by atoms with Gasteiger partial charge in [0.15, 0.2) is 0 Å². The van der Waals surface area contributed by atoms with Gasteiger partial charge in [-0.2, -0.15) is 13.2 Å². The number of para-hydroxylation sites is 1. The molecular formula is C16H17F3N4O3. The Labute approximate surface area is 147 Å². The highest BCUT2D eigenvalue weighted by Crippen LogP contribution is 2.34. The molecule has 0 saturated carbocycles. The van der Waals surface area contributed by atoms with E-state index in [1.165, 1.54) is 23.1 Å². The predicted molar refractivity (Wildman–Crippen MR) is 85.3 cm³/mol. The van der Waals surface area contributed by atoms with Crippen LogP contribution in [0.1, 0.15) is 18.4 Å². The minimum absolute atomic E-state index is 0.0340. The van der Waals surface area contributed by atoms with Gasteiger partial charge in [0, 0.05) is 19.1 Å². The Kier molecular flexibility index (Phi) is 4.75. The quantitative estimate of drug-likeness (QED) is 0.784. The minimum atomic E-state index is -4.57. The van der Waals surface area contributed by atoms with Gasteiger partial charge in [0.05, 0.1) is 17.8 Å². The van der Waals surface area contributed by atoms with Crippen LogP contribution in [0.25, 0.3) is 0 Å². The van der Waals surface area contributed by atoms with Crippen LogP contribution in [0.5, 0.6) is 0 Å². The number of rotatable bonds is 2. The van der Waals surface area contributed by atoms with Gasteiger partial charge in [0.2, 0.25) is 5.91 Å². The molecule has 0 aliphatic carbocycles. The molecule has 3 rings (SSSR count). The maximum Gasteiger partial charge on any atom is 0.418 e. The summed E-state index contributed by atoms with van der Waals surface area (Å²) in [6.45, 7) is 0.442. The Bertz CT molecular complexity index is 714. The van der Waals surface area contributed by atoms with Crippen molar-refractivity contribution in [3.63, 3.8) is 0 Å². The molecule has 0 radical (unpaired) electrons. The summed E-state index contributed by atoms with van der Waals surface area (Å²) >= 11 is 0. The molecule has 2 aliphatic heterocycles. The average Bonchev–Trinajstić information content (AvgIpc) is 2.93. The third-order valence-corrected chi connectivity index (χ3v) is 4.47. The smallest absolute Gasteiger partial charge is 0.329 e. The number of nitrogens with zero attached hydrogens (tertiary/aromatic N) is 2. The van der Waals surface area contributed by atoms with Gasteiger partial charge in [0.25, 0.3) is 0 Å². The van der Waals surface area contributed by atoms with Crippen LogP contribution in [0.15, 0.2) is 24.3 Å². The molecule has 1 aromatic rings. The number of urea groups is 2. The fourth-order valence-electron chi connectivity index (χ4n) is 3.17. The van der Waals surface area contributed by atoms with Crippen molar-refractivity contribution >= 4 is 23.7 Å². The van der Waals surface area contributed by atoms with Gasteiger partial charge in [-0.1, -0.05) is 12.1 Å². The summed E-state index contributed by atoms with van der Waals surface area (Å²) in [6.07, 6.45) is -3.80. The maximum absolute atomic E-state index is 13.0. The number of nitrogens with one attached hydrogen (secondary N) is 2. The van der Waals surface area contributed by atoms with Crippen molar-refractivity contribution in [2.75, 3.05) is 25.0 Å². The Hall–Kier alpha value is -2.78. The van der Waals surface area contributed by atoms with Crippen LogP contribution >= 0.6 is 0 Å². The summed E-state index contributed by atoms with van der Waals surface area (Å²) in [4.78, 5) is 38.2. The zero-order valence-electron chi connectivity index (χ0n) is 13.7. The van der Waals surface area contributed by atoms with E-state index in [2.05, 4.69) is 10.6 Å². The summed E-state index contributed by atoms with van der Waals surface area (Å²) in [6, 6.07) is 3.36. The molecule has 0 atom stereocenters. The SMILES string of the molecule is O=C(Nc1ccccc1C(F)(F)F)N1CCC(N2C(=O)CNC2=O)CC1. The second kappa shape index (κ2) is 6.85. The number of carbonyl (C=O) groups is 3. The highest BCUT2D eigenvalue weighted by molar-refractivity contribution is 6.02. The number of piperidine rings is 1. The first-order valence-electron chi connectivity index (χ1n) is 8.09. The third-order valence-electron chi connectivity index (χ3n) is 4.47. The molecule has 2 N–H and O–H groups in total. The zero-order chi connectivity index (χ0) is 18.9. The largest absolute Gasteiger partial charge is 0.418 e. The van der Waals surface area contributed by atoms with Crippen molar-refractivity contribution < 1.29 is 27.6 Å². The fourth-order valence-corrected chi connectivity index (χ4v) is 3.17. The first kappa shape index (κ1) is 18.0. The lowest BCUT2D eigenvalue weighted by Gasteiger charge is -2.35. The molecule has 26 heavy (non-hydrogen) atoms. The molecule has 7 nitrogen and oxygen atoms in total. The molecular weight excluding hydrogens is 353 g/mol. The molecule has 2 saturated heterocycles.